The van der Waals surface area contributed by atoms with Crippen LogP contribution in [0.5, 0.6) is 0 Å². The number of likely N-dealkylation sites (tertiary alicyclic amines) is 1. The van der Waals surface area contributed by atoms with Gasteiger partial charge in [-0.05, 0) is 74.3 Å². The number of anilines is 2. The highest BCUT2D eigenvalue weighted by atomic mass is 32.1. The number of nitrogen functional groups attached to an aromatic ring is 1. The molecule has 4 heterocycles. The number of aryl methyl sites for hydroxylation is 1. The Labute approximate surface area is 270 Å². The third-order valence-corrected chi connectivity index (χ3v) is 9.54. The van der Waals surface area contributed by atoms with Crippen LogP contribution in [0.4, 0.5) is 15.8 Å². The monoisotopic (exact) mass is 641 g/mol. The lowest BCUT2D eigenvalue weighted by atomic mass is 9.99. The number of nitrogens with zero attached hydrogens (tertiary/aromatic N) is 7. The summed E-state index contributed by atoms with van der Waals surface area (Å²) in [6, 6.07) is 10.9. The number of halogens is 1. The molecule has 13 heteroatoms. The van der Waals surface area contributed by atoms with Crippen molar-refractivity contribution in [2.75, 3.05) is 49.9 Å². The van der Waals surface area contributed by atoms with Crippen LogP contribution in [-0.4, -0.2) is 86.3 Å². The standard InChI is InChI=1S/C33H36FN9O2S/c1-3-43(25-8-9-27(35)26(16-25)30(36)21-4-6-24(34)7-5-21)33(45)23-10-13-41(18-23)19-29(44)42-14-11-22(12-15-42)32-37-17-28(46-32)31-38-20-40(2)39-31/h4-9,11,16-17,20,23,36H,3,10,12-15,18-19,35H2,1-2H3/t23-/m1/s1. The van der Waals surface area contributed by atoms with Gasteiger partial charge in [0.2, 0.25) is 11.8 Å². The fourth-order valence-corrected chi connectivity index (χ4v) is 6.84. The molecule has 11 nitrogen and oxygen atoms in total. The van der Waals surface area contributed by atoms with Gasteiger partial charge in [0, 0.05) is 61.9 Å². The molecule has 1 saturated heterocycles. The molecule has 0 spiro atoms. The van der Waals surface area contributed by atoms with E-state index < -0.39 is 0 Å². The highest BCUT2D eigenvalue weighted by Gasteiger charge is 2.33. The van der Waals surface area contributed by atoms with E-state index in [1.54, 1.807) is 63.8 Å². The number of benzene rings is 2. The van der Waals surface area contributed by atoms with E-state index in [9.17, 15) is 14.0 Å². The zero-order valence-electron chi connectivity index (χ0n) is 25.8. The van der Waals surface area contributed by atoms with Gasteiger partial charge in [0.05, 0.1) is 23.1 Å². The van der Waals surface area contributed by atoms with Gasteiger partial charge in [-0.15, -0.1) is 11.3 Å². The number of rotatable bonds is 9. The van der Waals surface area contributed by atoms with Crippen molar-refractivity contribution in [1.29, 1.82) is 5.41 Å². The van der Waals surface area contributed by atoms with Gasteiger partial charge in [-0.25, -0.2) is 14.4 Å². The maximum atomic E-state index is 13.7. The van der Waals surface area contributed by atoms with Gasteiger partial charge in [-0.3, -0.25) is 24.6 Å². The molecule has 2 aromatic carbocycles. The number of carbonyl (C=O) groups is 2. The van der Waals surface area contributed by atoms with Crippen LogP contribution < -0.4 is 10.6 Å². The van der Waals surface area contributed by atoms with Crippen LogP contribution in [-0.2, 0) is 16.6 Å². The lowest BCUT2D eigenvalue weighted by Crippen LogP contribution is -2.42. The van der Waals surface area contributed by atoms with Gasteiger partial charge >= 0.3 is 0 Å². The third-order valence-electron chi connectivity index (χ3n) is 8.48. The minimum atomic E-state index is -0.379. The summed E-state index contributed by atoms with van der Waals surface area (Å²) in [4.78, 5) is 42.3. The molecular weight excluding hydrogens is 605 g/mol. The van der Waals surface area contributed by atoms with Crippen molar-refractivity contribution in [2.45, 2.75) is 19.8 Å². The summed E-state index contributed by atoms with van der Waals surface area (Å²) in [5.41, 5.74) is 9.57. The Bertz CT molecular complexity index is 1800. The molecule has 0 saturated carbocycles. The van der Waals surface area contributed by atoms with E-state index in [1.807, 2.05) is 18.9 Å². The molecule has 2 aliphatic rings. The summed E-state index contributed by atoms with van der Waals surface area (Å²) in [5, 5.41) is 13.9. The Morgan fingerprint density at radius 3 is 2.65 bits per heavy atom. The molecule has 2 aromatic heterocycles. The Morgan fingerprint density at radius 1 is 1.15 bits per heavy atom. The quantitative estimate of drug-likeness (QED) is 0.208. The minimum Gasteiger partial charge on any atom is -0.398 e. The summed E-state index contributed by atoms with van der Waals surface area (Å²) < 4.78 is 15.1. The van der Waals surface area contributed by atoms with Crippen LogP contribution in [0.3, 0.4) is 0 Å². The van der Waals surface area contributed by atoms with E-state index in [2.05, 4.69) is 26.0 Å². The summed E-state index contributed by atoms with van der Waals surface area (Å²) in [6.07, 6.45) is 6.92. The second-order valence-corrected chi connectivity index (χ2v) is 12.6. The van der Waals surface area contributed by atoms with Crippen LogP contribution in [0.1, 0.15) is 35.9 Å². The minimum absolute atomic E-state index is 0.0178. The molecule has 2 amide bonds. The van der Waals surface area contributed by atoms with Crippen molar-refractivity contribution < 1.29 is 14.0 Å². The Kier molecular flexibility index (Phi) is 9.04. The number of carbonyl (C=O) groups excluding carboxylic acids is 2. The fraction of sp³-hybridized carbons (Fsp3) is 0.333. The fourth-order valence-electron chi connectivity index (χ4n) is 5.92. The van der Waals surface area contributed by atoms with E-state index in [1.165, 1.54) is 12.1 Å². The van der Waals surface area contributed by atoms with Crippen molar-refractivity contribution in [3.05, 3.63) is 83.0 Å². The highest BCUT2D eigenvalue weighted by Crippen LogP contribution is 2.31. The van der Waals surface area contributed by atoms with Gasteiger partial charge in [0.15, 0.2) is 5.82 Å². The van der Waals surface area contributed by atoms with Crippen molar-refractivity contribution in [3.8, 4) is 10.7 Å². The maximum Gasteiger partial charge on any atom is 0.237 e. The van der Waals surface area contributed by atoms with E-state index in [-0.39, 0.29) is 35.8 Å². The number of amides is 2. The SMILES string of the molecule is CCN(C(=O)[C@@H]1CCN(CC(=O)N2CC=C(c3ncc(-c4ncn(C)n4)s3)CC2)C1)c1ccc(N)c(C(=N)c2ccc(F)cc2)c1. The summed E-state index contributed by atoms with van der Waals surface area (Å²) in [7, 11) is 1.83. The average Bonchev–Trinajstić information content (AvgIpc) is 3.84. The molecule has 0 aliphatic carbocycles. The van der Waals surface area contributed by atoms with E-state index in [0.29, 0.717) is 67.5 Å². The molecule has 2 aliphatic heterocycles. The number of hydrogen-bond donors (Lipinski definition) is 2. The van der Waals surface area contributed by atoms with Crippen LogP contribution in [0.2, 0.25) is 0 Å². The van der Waals surface area contributed by atoms with Gasteiger partial charge in [-0.1, -0.05) is 6.08 Å². The topological polar surface area (TPSA) is 137 Å². The molecule has 3 N–H and O–H groups in total. The second-order valence-electron chi connectivity index (χ2n) is 11.5. The number of nitrogens with one attached hydrogen (secondary N) is 1. The number of thiazole rings is 1. The average molecular weight is 642 g/mol. The first-order valence-corrected chi connectivity index (χ1v) is 16.1. The van der Waals surface area contributed by atoms with Crippen molar-refractivity contribution in [2.24, 2.45) is 13.0 Å². The van der Waals surface area contributed by atoms with Gasteiger partial charge < -0.3 is 15.5 Å². The van der Waals surface area contributed by atoms with Gasteiger partial charge in [0.25, 0.3) is 0 Å². The first-order valence-electron chi connectivity index (χ1n) is 15.3. The second kappa shape index (κ2) is 13.3. The lowest BCUT2D eigenvalue weighted by Gasteiger charge is -2.28. The largest absolute Gasteiger partial charge is 0.398 e. The zero-order valence-corrected chi connectivity index (χ0v) is 26.6. The smallest absolute Gasteiger partial charge is 0.237 e. The molecule has 1 atom stereocenters. The van der Waals surface area contributed by atoms with Gasteiger partial charge in [-0.2, -0.15) is 5.10 Å². The summed E-state index contributed by atoms with van der Waals surface area (Å²) in [6.45, 7) is 4.95. The van der Waals surface area contributed by atoms with Crippen LogP contribution >= 0.6 is 11.3 Å². The summed E-state index contributed by atoms with van der Waals surface area (Å²) in [5.74, 6) is 0.0674. The molecule has 6 rings (SSSR count). The van der Waals surface area contributed by atoms with Crippen LogP contribution in [0.25, 0.3) is 16.3 Å². The molecule has 46 heavy (non-hydrogen) atoms. The third kappa shape index (κ3) is 6.60. The molecule has 0 radical (unpaired) electrons. The molecule has 0 bridgehead atoms. The zero-order chi connectivity index (χ0) is 32.4. The van der Waals surface area contributed by atoms with Gasteiger partial charge in [0.1, 0.15) is 17.2 Å². The van der Waals surface area contributed by atoms with E-state index in [0.717, 1.165) is 21.9 Å². The Balaban J connectivity index is 1.05. The van der Waals surface area contributed by atoms with Crippen LogP contribution in [0, 0.1) is 17.1 Å². The normalized spacial score (nSPS) is 16.8. The summed E-state index contributed by atoms with van der Waals surface area (Å²) >= 11 is 1.55. The predicted molar refractivity (Wildman–Crippen MR) is 177 cm³/mol. The predicted octanol–water partition coefficient (Wildman–Crippen LogP) is 4.07. The lowest BCUT2D eigenvalue weighted by molar-refractivity contribution is -0.132. The number of aromatic nitrogens is 4. The molecular formula is C33H36FN9O2S. The molecule has 1 fully saturated rings. The molecule has 238 valence electrons. The first-order chi connectivity index (χ1) is 22.2. The van der Waals surface area contributed by atoms with E-state index in [4.69, 9.17) is 11.1 Å². The van der Waals surface area contributed by atoms with E-state index >= 15 is 0 Å². The number of hydrogen-bond acceptors (Lipinski definition) is 9. The van der Waals surface area contributed by atoms with Crippen LogP contribution in [0.15, 0.2) is 61.1 Å². The Morgan fingerprint density at radius 2 is 1.96 bits per heavy atom. The number of nitrogens with two attached hydrogens (primary N) is 1. The molecule has 0 unspecified atom stereocenters. The van der Waals surface area contributed by atoms with Crippen molar-refractivity contribution in [1.82, 2.24) is 29.5 Å². The maximum absolute atomic E-state index is 13.7. The highest BCUT2D eigenvalue weighted by molar-refractivity contribution is 7.16. The first kappa shape index (κ1) is 31.2. The molecule has 4 aromatic rings. The van der Waals surface area contributed by atoms with Crippen molar-refractivity contribution in [3.63, 3.8) is 0 Å². The Hall–Kier alpha value is -4.75. The van der Waals surface area contributed by atoms with Crippen molar-refractivity contribution >= 4 is 45.8 Å².